The molecule has 0 amide bonds. The van der Waals surface area contributed by atoms with Gasteiger partial charge >= 0.3 is 0 Å². The molecule has 0 spiro atoms. The minimum Gasteiger partial charge on any atom is -0.493 e. The molecule has 1 aromatic heterocycles. The molecule has 2 aromatic rings. The van der Waals surface area contributed by atoms with Crippen molar-refractivity contribution in [1.29, 1.82) is 0 Å². The standard InChI is InChI=1S/C15H20N2O/c1-2-12-5-7-14(8-6-12)18-11-13(10-16)15-4-3-9-17-15/h3-9,13,17H,2,10-11,16H2,1H3. The highest BCUT2D eigenvalue weighted by molar-refractivity contribution is 5.27. The number of hydrogen-bond donors (Lipinski definition) is 2. The summed E-state index contributed by atoms with van der Waals surface area (Å²) in [6.07, 6.45) is 2.96. The van der Waals surface area contributed by atoms with Crippen molar-refractivity contribution in [2.24, 2.45) is 5.73 Å². The first-order valence-electron chi connectivity index (χ1n) is 6.38. The summed E-state index contributed by atoms with van der Waals surface area (Å²) >= 11 is 0. The predicted molar refractivity (Wildman–Crippen MR) is 73.9 cm³/mol. The quantitative estimate of drug-likeness (QED) is 0.821. The van der Waals surface area contributed by atoms with Gasteiger partial charge in [0, 0.05) is 24.4 Å². The maximum atomic E-state index is 5.78. The van der Waals surface area contributed by atoms with Crippen molar-refractivity contribution in [3.63, 3.8) is 0 Å². The van der Waals surface area contributed by atoms with E-state index < -0.39 is 0 Å². The van der Waals surface area contributed by atoms with Gasteiger partial charge in [0.1, 0.15) is 5.75 Å². The van der Waals surface area contributed by atoms with Crippen LogP contribution in [0.15, 0.2) is 42.6 Å². The maximum absolute atomic E-state index is 5.78. The molecule has 0 saturated carbocycles. The SMILES string of the molecule is CCc1ccc(OCC(CN)c2ccc[nH]2)cc1. The zero-order valence-corrected chi connectivity index (χ0v) is 10.7. The van der Waals surface area contributed by atoms with Gasteiger partial charge in [0.25, 0.3) is 0 Å². The number of nitrogens with two attached hydrogens (primary N) is 1. The van der Waals surface area contributed by atoms with Crippen molar-refractivity contribution in [1.82, 2.24) is 4.98 Å². The van der Waals surface area contributed by atoms with Gasteiger partial charge in [-0.25, -0.2) is 0 Å². The number of nitrogens with one attached hydrogen (secondary N) is 1. The van der Waals surface area contributed by atoms with Crippen molar-refractivity contribution in [2.75, 3.05) is 13.2 Å². The first kappa shape index (κ1) is 12.7. The van der Waals surface area contributed by atoms with Crippen LogP contribution in [0.25, 0.3) is 0 Å². The van der Waals surface area contributed by atoms with Gasteiger partial charge in [0.15, 0.2) is 0 Å². The lowest BCUT2D eigenvalue weighted by molar-refractivity contribution is 0.288. The van der Waals surface area contributed by atoms with E-state index in [-0.39, 0.29) is 5.92 Å². The molecule has 0 bridgehead atoms. The number of aromatic nitrogens is 1. The third-order valence-corrected chi connectivity index (χ3v) is 3.13. The van der Waals surface area contributed by atoms with Gasteiger partial charge in [-0.05, 0) is 36.2 Å². The molecule has 0 aliphatic heterocycles. The summed E-state index contributed by atoms with van der Waals surface area (Å²) in [5, 5.41) is 0. The Morgan fingerprint density at radius 1 is 1.22 bits per heavy atom. The number of ether oxygens (including phenoxy) is 1. The molecule has 1 heterocycles. The first-order chi connectivity index (χ1) is 8.83. The van der Waals surface area contributed by atoms with Crippen molar-refractivity contribution < 1.29 is 4.74 Å². The summed E-state index contributed by atoms with van der Waals surface area (Å²) in [6, 6.07) is 12.3. The molecule has 1 atom stereocenters. The van der Waals surface area contributed by atoms with Gasteiger partial charge in [-0.1, -0.05) is 19.1 Å². The van der Waals surface area contributed by atoms with E-state index in [0.29, 0.717) is 13.2 Å². The minimum atomic E-state index is 0.214. The third kappa shape index (κ3) is 3.14. The van der Waals surface area contributed by atoms with Gasteiger partial charge in [-0.2, -0.15) is 0 Å². The number of benzene rings is 1. The van der Waals surface area contributed by atoms with Crippen LogP contribution in [0.4, 0.5) is 0 Å². The summed E-state index contributed by atoms with van der Waals surface area (Å²) < 4.78 is 5.78. The number of hydrogen-bond acceptors (Lipinski definition) is 2. The lowest BCUT2D eigenvalue weighted by Crippen LogP contribution is -2.19. The smallest absolute Gasteiger partial charge is 0.119 e. The van der Waals surface area contributed by atoms with Crippen LogP contribution < -0.4 is 10.5 Å². The molecule has 3 N–H and O–H groups in total. The second-order valence-electron chi connectivity index (χ2n) is 4.37. The summed E-state index contributed by atoms with van der Waals surface area (Å²) in [5.41, 5.74) is 8.22. The van der Waals surface area contributed by atoms with Crippen LogP contribution in [-0.2, 0) is 6.42 Å². The lowest BCUT2D eigenvalue weighted by Gasteiger charge is -2.14. The second-order valence-corrected chi connectivity index (χ2v) is 4.37. The molecule has 18 heavy (non-hydrogen) atoms. The van der Waals surface area contributed by atoms with Crippen LogP contribution in [0.2, 0.25) is 0 Å². The van der Waals surface area contributed by atoms with E-state index >= 15 is 0 Å². The molecule has 0 aliphatic carbocycles. The van der Waals surface area contributed by atoms with E-state index in [2.05, 4.69) is 24.0 Å². The normalized spacial score (nSPS) is 12.3. The Kier molecular flexibility index (Phi) is 4.42. The zero-order valence-electron chi connectivity index (χ0n) is 10.7. The number of aryl methyl sites for hydroxylation is 1. The molecule has 3 heteroatoms. The largest absolute Gasteiger partial charge is 0.493 e. The van der Waals surface area contributed by atoms with E-state index in [9.17, 15) is 0 Å². The fourth-order valence-electron chi connectivity index (χ4n) is 1.90. The van der Waals surface area contributed by atoms with Crippen LogP contribution in [0.3, 0.4) is 0 Å². The Labute approximate surface area is 108 Å². The van der Waals surface area contributed by atoms with Gasteiger partial charge in [0.2, 0.25) is 0 Å². The fraction of sp³-hybridized carbons (Fsp3) is 0.333. The van der Waals surface area contributed by atoms with Gasteiger partial charge in [0.05, 0.1) is 6.61 Å². The highest BCUT2D eigenvalue weighted by Gasteiger charge is 2.11. The number of H-pyrrole nitrogens is 1. The highest BCUT2D eigenvalue weighted by Crippen LogP contribution is 2.17. The molecule has 96 valence electrons. The van der Waals surface area contributed by atoms with E-state index in [1.54, 1.807) is 0 Å². The summed E-state index contributed by atoms with van der Waals surface area (Å²) in [4.78, 5) is 3.18. The zero-order chi connectivity index (χ0) is 12.8. The molecule has 0 aliphatic rings. The Balaban J connectivity index is 1.93. The van der Waals surface area contributed by atoms with E-state index in [0.717, 1.165) is 17.9 Å². The second kappa shape index (κ2) is 6.26. The van der Waals surface area contributed by atoms with Crippen LogP contribution in [0.5, 0.6) is 5.75 Å². The summed E-state index contributed by atoms with van der Waals surface area (Å²) in [7, 11) is 0. The average Bonchev–Trinajstić information content (AvgIpc) is 2.94. The Morgan fingerprint density at radius 3 is 2.56 bits per heavy atom. The highest BCUT2D eigenvalue weighted by atomic mass is 16.5. The predicted octanol–water partition coefficient (Wildman–Crippen LogP) is 2.70. The van der Waals surface area contributed by atoms with E-state index in [1.807, 2.05) is 30.5 Å². The number of aromatic amines is 1. The van der Waals surface area contributed by atoms with E-state index in [4.69, 9.17) is 10.5 Å². The van der Waals surface area contributed by atoms with Crippen molar-refractivity contribution in [3.8, 4) is 5.75 Å². The Bertz CT molecular complexity index is 448. The summed E-state index contributed by atoms with van der Waals surface area (Å²) in [5.74, 6) is 1.11. The number of rotatable bonds is 6. The molecule has 1 aromatic carbocycles. The topological polar surface area (TPSA) is 51.0 Å². The molecular formula is C15H20N2O. The third-order valence-electron chi connectivity index (χ3n) is 3.13. The molecule has 3 nitrogen and oxygen atoms in total. The Hall–Kier alpha value is -1.74. The van der Waals surface area contributed by atoms with Gasteiger partial charge in [-0.3, -0.25) is 0 Å². The van der Waals surface area contributed by atoms with Crippen LogP contribution in [0, 0.1) is 0 Å². The van der Waals surface area contributed by atoms with Crippen molar-refractivity contribution >= 4 is 0 Å². The lowest BCUT2D eigenvalue weighted by atomic mass is 10.1. The molecule has 0 radical (unpaired) electrons. The molecular weight excluding hydrogens is 224 g/mol. The molecule has 0 fully saturated rings. The van der Waals surface area contributed by atoms with Gasteiger partial charge < -0.3 is 15.5 Å². The van der Waals surface area contributed by atoms with Crippen LogP contribution in [-0.4, -0.2) is 18.1 Å². The Morgan fingerprint density at radius 2 is 2.00 bits per heavy atom. The summed E-state index contributed by atoms with van der Waals surface area (Å²) in [6.45, 7) is 3.32. The van der Waals surface area contributed by atoms with Crippen molar-refractivity contribution in [3.05, 3.63) is 53.9 Å². The van der Waals surface area contributed by atoms with Crippen molar-refractivity contribution in [2.45, 2.75) is 19.3 Å². The minimum absolute atomic E-state index is 0.214. The fourth-order valence-corrected chi connectivity index (χ4v) is 1.90. The molecule has 2 rings (SSSR count). The maximum Gasteiger partial charge on any atom is 0.119 e. The van der Waals surface area contributed by atoms with Crippen LogP contribution in [0.1, 0.15) is 24.1 Å². The van der Waals surface area contributed by atoms with Gasteiger partial charge in [-0.15, -0.1) is 0 Å². The first-order valence-corrected chi connectivity index (χ1v) is 6.38. The monoisotopic (exact) mass is 244 g/mol. The van der Waals surface area contributed by atoms with Crippen LogP contribution >= 0.6 is 0 Å². The molecule has 0 saturated heterocycles. The average molecular weight is 244 g/mol. The van der Waals surface area contributed by atoms with E-state index in [1.165, 1.54) is 5.56 Å². The molecule has 1 unspecified atom stereocenters.